The van der Waals surface area contributed by atoms with Crippen molar-refractivity contribution in [2.45, 2.75) is 68.2 Å². The minimum absolute atomic E-state index is 0.000811. The first-order valence-corrected chi connectivity index (χ1v) is 14.9. The molecule has 2 aliphatic heterocycles. The lowest BCUT2D eigenvalue weighted by atomic mass is 9.64. The van der Waals surface area contributed by atoms with Gasteiger partial charge in [0.25, 0.3) is 0 Å². The third-order valence-electron chi connectivity index (χ3n) is 9.69. The summed E-state index contributed by atoms with van der Waals surface area (Å²) in [6, 6.07) is 9.51. The SMILES string of the molecule is COc1ccc([C@@]23CC[C@@H](N(C(=O)Nc4ccc(Cl)c(C(F)(F)F)c4)C4CCN(C)CC4)C[C@@H]2N(C)CC3)cc1OC. The Kier molecular flexibility index (Phi) is 8.88. The highest BCUT2D eigenvalue weighted by Crippen LogP contribution is 2.51. The molecule has 3 aliphatic rings. The standard InChI is InChI=1S/C31H40ClF3N4O3/c1-37-14-10-22(11-15-37)39(29(40)36-21-6-7-25(32)24(18-21)31(33,34)35)23-9-12-30(13-16-38(2)28(30)19-23)20-5-8-26(41-3)27(17-20)42-4/h5-8,17-18,22-23,28H,9-16,19H2,1-4H3,(H,36,40)/t23-,28+,30+/m1/s1. The summed E-state index contributed by atoms with van der Waals surface area (Å²) >= 11 is 5.83. The van der Waals surface area contributed by atoms with Crippen LogP contribution in [0.25, 0.3) is 0 Å². The average molecular weight is 609 g/mol. The fourth-order valence-electron chi connectivity index (χ4n) is 7.41. The first-order chi connectivity index (χ1) is 20.0. The van der Waals surface area contributed by atoms with Gasteiger partial charge in [-0.1, -0.05) is 17.7 Å². The molecule has 2 amide bonds. The van der Waals surface area contributed by atoms with E-state index in [-0.39, 0.29) is 35.3 Å². The molecule has 3 fully saturated rings. The number of amides is 2. The number of methoxy groups -OCH3 is 2. The number of benzene rings is 2. The van der Waals surface area contributed by atoms with Crippen LogP contribution in [0.5, 0.6) is 11.5 Å². The molecular formula is C31H40ClF3N4O3. The molecule has 0 spiro atoms. The maximum absolute atomic E-state index is 14.0. The zero-order valence-electron chi connectivity index (χ0n) is 24.6. The second kappa shape index (κ2) is 12.1. The summed E-state index contributed by atoms with van der Waals surface area (Å²) in [5.41, 5.74) is 0.252. The third-order valence-corrected chi connectivity index (χ3v) is 10.0. The number of fused-ring (bicyclic) bond motifs is 1. The number of piperidine rings is 1. The van der Waals surface area contributed by atoms with Gasteiger partial charge in [0, 0.05) is 29.2 Å². The highest BCUT2D eigenvalue weighted by atomic mass is 35.5. The summed E-state index contributed by atoms with van der Waals surface area (Å²) in [5.74, 6) is 1.39. The molecule has 3 atom stereocenters. The van der Waals surface area contributed by atoms with Crippen LogP contribution < -0.4 is 14.8 Å². The van der Waals surface area contributed by atoms with E-state index in [9.17, 15) is 18.0 Å². The monoisotopic (exact) mass is 608 g/mol. The van der Waals surface area contributed by atoms with Gasteiger partial charge in [0.1, 0.15) is 0 Å². The fourth-order valence-corrected chi connectivity index (χ4v) is 7.63. The van der Waals surface area contributed by atoms with Crippen LogP contribution in [0.3, 0.4) is 0 Å². The van der Waals surface area contributed by atoms with Gasteiger partial charge in [0.05, 0.1) is 24.8 Å². The van der Waals surface area contributed by atoms with Crippen LogP contribution in [-0.4, -0.2) is 86.8 Å². The summed E-state index contributed by atoms with van der Waals surface area (Å²) in [5, 5.41) is 2.41. The van der Waals surface area contributed by atoms with Crippen LogP contribution in [0.15, 0.2) is 36.4 Å². The summed E-state index contributed by atoms with van der Waals surface area (Å²) in [6.07, 6.45) is 0.479. The minimum atomic E-state index is -4.62. The van der Waals surface area contributed by atoms with Crippen molar-refractivity contribution in [3.05, 3.63) is 52.5 Å². The number of hydrogen-bond acceptors (Lipinski definition) is 5. The molecule has 230 valence electrons. The van der Waals surface area contributed by atoms with E-state index in [4.69, 9.17) is 21.1 Å². The number of halogens is 4. The quantitative estimate of drug-likeness (QED) is 0.406. The van der Waals surface area contributed by atoms with Gasteiger partial charge >= 0.3 is 12.2 Å². The van der Waals surface area contributed by atoms with Gasteiger partial charge in [-0.2, -0.15) is 13.2 Å². The number of anilines is 1. The van der Waals surface area contributed by atoms with E-state index < -0.39 is 16.8 Å². The molecular weight excluding hydrogens is 569 g/mol. The van der Waals surface area contributed by atoms with E-state index in [0.29, 0.717) is 11.5 Å². The van der Waals surface area contributed by atoms with Gasteiger partial charge in [-0.25, -0.2) is 4.79 Å². The van der Waals surface area contributed by atoms with Crippen LogP contribution in [0.4, 0.5) is 23.7 Å². The van der Waals surface area contributed by atoms with Crippen molar-refractivity contribution in [1.82, 2.24) is 14.7 Å². The average Bonchev–Trinajstić information content (AvgIpc) is 3.31. The zero-order valence-corrected chi connectivity index (χ0v) is 25.4. The number of hydrogen-bond donors (Lipinski definition) is 1. The molecule has 11 heteroatoms. The van der Waals surface area contributed by atoms with Gasteiger partial charge in [-0.3, -0.25) is 0 Å². The van der Waals surface area contributed by atoms with Gasteiger partial charge in [-0.15, -0.1) is 0 Å². The number of carbonyl (C=O) groups is 1. The van der Waals surface area contributed by atoms with E-state index >= 15 is 0 Å². The molecule has 1 saturated carbocycles. The van der Waals surface area contributed by atoms with E-state index in [1.165, 1.54) is 17.7 Å². The number of likely N-dealkylation sites (N-methyl/N-ethyl adjacent to an activating group) is 1. The summed E-state index contributed by atoms with van der Waals surface area (Å²) in [6.45, 7) is 2.66. The molecule has 7 nitrogen and oxygen atoms in total. The molecule has 2 aromatic carbocycles. The molecule has 0 unspecified atom stereocenters. The number of rotatable bonds is 6. The number of nitrogens with one attached hydrogen (secondary N) is 1. The molecule has 2 heterocycles. The van der Waals surface area contributed by atoms with Crippen LogP contribution in [0.1, 0.15) is 49.7 Å². The van der Waals surface area contributed by atoms with Crippen molar-refractivity contribution in [1.29, 1.82) is 0 Å². The van der Waals surface area contributed by atoms with Gasteiger partial charge in [-0.05, 0) is 108 Å². The van der Waals surface area contributed by atoms with Gasteiger partial charge < -0.3 is 29.5 Å². The van der Waals surface area contributed by atoms with Gasteiger partial charge in [0.2, 0.25) is 0 Å². The van der Waals surface area contributed by atoms with Crippen molar-refractivity contribution in [3.63, 3.8) is 0 Å². The fraction of sp³-hybridized carbons (Fsp3) is 0.581. The highest BCUT2D eigenvalue weighted by Gasteiger charge is 2.52. The Labute approximate surface area is 250 Å². The molecule has 1 N–H and O–H groups in total. The maximum atomic E-state index is 14.0. The van der Waals surface area contributed by atoms with Gasteiger partial charge in [0.15, 0.2) is 11.5 Å². The molecule has 1 aliphatic carbocycles. The largest absolute Gasteiger partial charge is 0.493 e. The molecule has 42 heavy (non-hydrogen) atoms. The van der Waals surface area contributed by atoms with Crippen LogP contribution in [-0.2, 0) is 11.6 Å². The van der Waals surface area contributed by atoms with Crippen LogP contribution in [0.2, 0.25) is 5.02 Å². The first kappa shape index (κ1) is 30.8. The topological polar surface area (TPSA) is 57.3 Å². The number of urea groups is 1. The van der Waals surface area contributed by atoms with Crippen molar-refractivity contribution in [2.75, 3.05) is 53.3 Å². The lowest BCUT2D eigenvalue weighted by molar-refractivity contribution is -0.137. The van der Waals surface area contributed by atoms with E-state index in [1.54, 1.807) is 14.2 Å². The Balaban J connectivity index is 1.43. The maximum Gasteiger partial charge on any atom is 0.417 e. The number of nitrogens with zero attached hydrogens (tertiary/aromatic N) is 3. The summed E-state index contributed by atoms with van der Waals surface area (Å²) in [4.78, 5) is 20.5. The number of ether oxygens (including phenoxy) is 2. The second-order valence-electron chi connectivity index (χ2n) is 12.0. The minimum Gasteiger partial charge on any atom is -0.493 e. The lowest BCUT2D eigenvalue weighted by Gasteiger charge is -2.50. The van der Waals surface area contributed by atoms with Crippen molar-refractivity contribution < 1.29 is 27.4 Å². The van der Waals surface area contributed by atoms with E-state index in [1.807, 2.05) is 11.0 Å². The van der Waals surface area contributed by atoms with Crippen molar-refractivity contribution >= 4 is 23.3 Å². The zero-order chi connectivity index (χ0) is 30.2. The number of likely N-dealkylation sites (tertiary alicyclic amines) is 2. The highest BCUT2D eigenvalue weighted by molar-refractivity contribution is 6.31. The predicted molar refractivity (Wildman–Crippen MR) is 158 cm³/mol. The third kappa shape index (κ3) is 5.90. The van der Waals surface area contributed by atoms with E-state index in [2.05, 4.69) is 41.3 Å². The Morgan fingerprint density at radius 3 is 2.36 bits per heavy atom. The second-order valence-corrected chi connectivity index (χ2v) is 12.4. The smallest absolute Gasteiger partial charge is 0.417 e. The summed E-state index contributed by atoms with van der Waals surface area (Å²) in [7, 11) is 7.48. The summed E-state index contributed by atoms with van der Waals surface area (Å²) < 4.78 is 51.7. The normalized spacial score (nSPS) is 25.6. The Morgan fingerprint density at radius 1 is 0.976 bits per heavy atom. The molecule has 2 saturated heterocycles. The Morgan fingerprint density at radius 2 is 1.69 bits per heavy atom. The molecule has 2 aromatic rings. The van der Waals surface area contributed by atoms with Crippen LogP contribution >= 0.6 is 11.6 Å². The Hall–Kier alpha value is -2.69. The molecule has 0 radical (unpaired) electrons. The Bertz CT molecular complexity index is 1290. The van der Waals surface area contributed by atoms with Crippen molar-refractivity contribution in [3.8, 4) is 11.5 Å². The number of carbonyl (C=O) groups excluding carboxylic acids is 1. The molecule has 5 rings (SSSR count). The van der Waals surface area contributed by atoms with Crippen molar-refractivity contribution in [2.24, 2.45) is 0 Å². The van der Waals surface area contributed by atoms with Crippen LogP contribution in [0, 0.1) is 0 Å². The lowest BCUT2D eigenvalue weighted by Crippen LogP contribution is -2.58. The number of alkyl halides is 3. The van der Waals surface area contributed by atoms with E-state index in [0.717, 1.165) is 64.2 Å². The first-order valence-electron chi connectivity index (χ1n) is 14.5. The predicted octanol–water partition coefficient (Wildman–Crippen LogP) is 6.50. The molecule has 0 aromatic heterocycles. The molecule has 0 bridgehead atoms.